The first-order valence-electron chi connectivity index (χ1n) is 10.4. The smallest absolute Gasteiger partial charge is 0.254 e. The summed E-state index contributed by atoms with van der Waals surface area (Å²) < 4.78 is 7.37. The summed E-state index contributed by atoms with van der Waals surface area (Å²) in [7, 11) is 0. The molecule has 31 heavy (non-hydrogen) atoms. The number of hydrogen-bond donors (Lipinski definition) is 1. The molecule has 2 amide bonds. The highest BCUT2D eigenvalue weighted by molar-refractivity contribution is 5.95. The van der Waals surface area contributed by atoms with Crippen LogP contribution in [0.15, 0.2) is 67.0 Å². The largest absolute Gasteiger partial charge is 0.372 e. The summed E-state index contributed by atoms with van der Waals surface area (Å²) in [6.45, 7) is 5.52. The van der Waals surface area contributed by atoms with Crippen molar-refractivity contribution in [2.24, 2.45) is 0 Å². The number of amides is 2. The van der Waals surface area contributed by atoms with Gasteiger partial charge in [0, 0.05) is 31.4 Å². The predicted molar refractivity (Wildman–Crippen MR) is 117 cm³/mol. The van der Waals surface area contributed by atoms with Crippen molar-refractivity contribution >= 4 is 11.8 Å². The highest BCUT2D eigenvalue weighted by Gasteiger charge is 2.26. The van der Waals surface area contributed by atoms with Gasteiger partial charge in [-0.3, -0.25) is 9.59 Å². The first kappa shape index (κ1) is 20.8. The van der Waals surface area contributed by atoms with E-state index in [-0.39, 0.29) is 24.0 Å². The van der Waals surface area contributed by atoms with Crippen LogP contribution in [-0.2, 0) is 11.3 Å². The second-order valence-corrected chi connectivity index (χ2v) is 7.86. The first-order valence-corrected chi connectivity index (χ1v) is 10.4. The van der Waals surface area contributed by atoms with Crippen molar-refractivity contribution in [1.29, 1.82) is 0 Å². The lowest BCUT2D eigenvalue weighted by molar-refractivity contribution is -0.0586. The van der Waals surface area contributed by atoms with Crippen molar-refractivity contribution in [3.05, 3.63) is 83.7 Å². The number of carbonyl (C=O) groups is 2. The van der Waals surface area contributed by atoms with Crippen molar-refractivity contribution < 1.29 is 14.3 Å². The van der Waals surface area contributed by atoms with Crippen molar-refractivity contribution in [1.82, 2.24) is 20.0 Å². The summed E-state index contributed by atoms with van der Waals surface area (Å²) in [6.07, 6.45) is 3.33. The van der Waals surface area contributed by atoms with E-state index in [2.05, 4.69) is 10.4 Å². The van der Waals surface area contributed by atoms with Crippen LogP contribution in [0.4, 0.5) is 0 Å². The Morgan fingerprint density at radius 2 is 1.68 bits per heavy atom. The SMILES string of the molecule is CC1CN(C(=O)c2ccc(CNC(=O)c3cnn(-c4ccccc4)c3)cc2)CC(C)O1. The molecule has 0 saturated carbocycles. The van der Waals surface area contributed by atoms with Gasteiger partial charge in [0.05, 0.1) is 29.7 Å². The molecule has 2 unspecified atom stereocenters. The van der Waals surface area contributed by atoms with E-state index in [0.29, 0.717) is 30.8 Å². The van der Waals surface area contributed by atoms with Crippen LogP contribution in [0.2, 0.25) is 0 Å². The van der Waals surface area contributed by atoms with Crippen LogP contribution in [-0.4, -0.2) is 51.8 Å². The van der Waals surface area contributed by atoms with E-state index >= 15 is 0 Å². The lowest BCUT2D eigenvalue weighted by Gasteiger charge is -2.35. The summed E-state index contributed by atoms with van der Waals surface area (Å²) >= 11 is 0. The molecule has 2 atom stereocenters. The third kappa shape index (κ3) is 5.00. The molecule has 0 spiro atoms. The number of para-hydroxylation sites is 1. The third-order valence-electron chi connectivity index (χ3n) is 5.23. The second-order valence-electron chi connectivity index (χ2n) is 7.86. The topological polar surface area (TPSA) is 76.5 Å². The van der Waals surface area contributed by atoms with Gasteiger partial charge < -0.3 is 15.0 Å². The van der Waals surface area contributed by atoms with Gasteiger partial charge in [-0.2, -0.15) is 5.10 Å². The number of nitrogens with zero attached hydrogens (tertiary/aromatic N) is 3. The number of nitrogens with one attached hydrogen (secondary N) is 1. The number of rotatable bonds is 5. The fraction of sp³-hybridized carbons (Fsp3) is 0.292. The molecule has 0 radical (unpaired) electrons. The van der Waals surface area contributed by atoms with E-state index in [1.165, 1.54) is 0 Å². The Morgan fingerprint density at radius 1 is 1.00 bits per heavy atom. The van der Waals surface area contributed by atoms with E-state index < -0.39 is 0 Å². The van der Waals surface area contributed by atoms with Gasteiger partial charge in [0.2, 0.25) is 0 Å². The Balaban J connectivity index is 1.34. The quantitative estimate of drug-likeness (QED) is 0.691. The minimum atomic E-state index is -0.196. The van der Waals surface area contributed by atoms with Crippen molar-refractivity contribution in [3.8, 4) is 5.69 Å². The number of hydrogen-bond acceptors (Lipinski definition) is 4. The van der Waals surface area contributed by atoms with Gasteiger partial charge in [-0.1, -0.05) is 30.3 Å². The molecule has 2 heterocycles. The molecule has 2 aromatic carbocycles. The van der Waals surface area contributed by atoms with Gasteiger partial charge in [-0.05, 0) is 43.7 Å². The molecule has 1 N–H and O–H groups in total. The second kappa shape index (κ2) is 9.14. The van der Waals surface area contributed by atoms with E-state index in [0.717, 1.165) is 11.3 Å². The Hall–Kier alpha value is -3.45. The molecule has 3 aromatic rings. The van der Waals surface area contributed by atoms with Crippen molar-refractivity contribution in [2.75, 3.05) is 13.1 Å². The zero-order valence-electron chi connectivity index (χ0n) is 17.7. The maximum absolute atomic E-state index is 12.8. The van der Waals surface area contributed by atoms with Gasteiger partial charge in [-0.15, -0.1) is 0 Å². The molecule has 7 heteroatoms. The molecule has 7 nitrogen and oxygen atoms in total. The number of benzene rings is 2. The average Bonchev–Trinajstić information content (AvgIpc) is 3.28. The molecule has 1 aliphatic heterocycles. The van der Waals surface area contributed by atoms with E-state index in [1.54, 1.807) is 17.1 Å². The zero-order chi connectivity index (χ0) is 21.8. The summed E-state index contributed by atoms with van der Waals surface area (Å²) in [5, 5.41) is 7.15. The molecular formula is C24H26N4O3. The number of morpholine rings is 1. The maximum Gasteiger partial charge on any atom is 0.254 e. The first-order chi connectivity index (χ1) is 15.0. The Bertz CT molecular complexity index is 1040. The fourth-order valence-electron chi connectivity index (χ4n) is 3.74. The Morgan fingerprint density at radius 3 is 2.35 bits per heavy atom. The number of carbonyl (C=O) groups excluding carboxylic acids is 2. The predicted octanol–water partition coefficient (Wildman–Crippen LogP) is 3.05. The van der Waals surface area contributed by atoms with Crippen LogP contribution in [0.25, 0.3) is 5.69 Å². The lowest BCUT2D eigenvalue weighted by atomic mass is 10.1. The van der Waals surface area contributed by atoms with Gasteiger partial charge >= 0.3 is 0 Å². The molecule has 1 fully saturated rings. The summed E-state index contributed by atoms with van der Waals surface area (Å²) in [6, 6.07) is 17.0. The van der Waals surface area contributed by atoms with Gasteiger partial charge in [0.15, 0.2) is 0 Å². The van der Waals surface area contributed by atoms with Crippen molar-refractivity contribution in [3.63, 3.8) is 0 Å². The fourth-order valence-corrected chi connectivity index (χ4v) is 3.74. The molecule has 0 aliphatic carbocycles. The van der Waals surface area contributed by atoms with E-state index in [9.17, 15) is 9.59 Å². The van der Waals surface area contributed by atoms with E-state index in [4.69, 9.17) is 4.74 Å². The normalized spacial score (nSPS) is 18.6. The standard InChI is InChI=1S/C24H26N4O3/c1-17-14-27(15-18(2)31-17)24(30)20-10-8-19(9-11-20)12-25-23(29)21-13-26-28(16-21)22-6-4-3-5-7-22/h3-11,13,16-18H,12,14-15H2,1-2H3,(H,25,29). The molecule has 0 bridgehead atoms. The maximum atomic E-state index is 12.8. The van der Waals surface area contributed by atoms with Crippen LogP contribution < -0.4 is 5.32 Å². The van der Waals surface area contributed by atoms with Crippen molar-refractivity contribution in [2.45, 2.75) is 32.6 Å². The minimum absolute atomic E-state index is 0.00547. The number of ether oxygens (including phenoxy) is 1. The van der Waals surface area contributed by atoms with Crippen LogP contribution in [0.3, 0.4) is 0 Å². The molecule has 1 aliphatic rings. The minimum Gasteiger partial charge on any atom is -0.372 e. The average molecular weight is 418 g/mol. The summed E-state index contributed by atoms with van der Waals surface area (Å²) in [5.74, 6) is -0.190. The van der Waals surface area contributed by atoms with E-state index in [1.807, 2.05) is 73.3 Å². The van der Waals surface area contributed by atoms with Crippen LogP contribution in [0.5, 0.6) is 0 Å². The highest BCUT2D eigenvalue weighted by atomic mass is 16.5. The van der Waals surface area contributed by atoms with Gasteiger partial charge in [0.1, 0.15) is 0 Å². The Kier molecular flexibility index (Phi) is 6.13. The van der Waals surface area contributed by atoms with Crippen LogP contribution >= 0.6 is 0 Å². The lowest BCUT2D eigenvalue weighted by Crippen LogP contribution is -2.48. The van der Waals surface area contributed by atoms with Gasteiger partial charge in [0.25, 0.3) is 11.8 Å². The monoisotopic (exact) mass is 418 g/mol. The Labute approximate surface area is 181 Å². The molecule has 160 valence electrons. The highest BCUT2D eigenvalue weighted by Crippen LogP contribution is 2.15. The molecule has 1 saturated heterocycles. The molecular weight excluding hydrogens is 392 g/mol. The number of aromatic nitrogens is 2. The van der Waals surface area contributed by atoms with Crippen LogP contribution in [0, 0.1) is 0 Å². The summed E-state index contributed by atoms with van der Waals surface area (Å²) in [4.78, 5) is 27.1. The molecule has 4 rings (SSSR count). The molecule has 1 aromatic heterocycles. The zero-order valence-corrected chi connectivity index (χ0v) is 17.7. The third-order valence-corrected chi connectivity index (χ3v) is 5.23. The summed E-state index contributed by atoms with van der Waals surface area (Å²) in [5.41, 5.74) is 2.95. The van der Waals surface area contributed by atoms with Crippen LogP contribution in [0.1, 0.15) is 40.1 Å². The van der Waals surface area contributed by atoms with Gasteiger partial charge in [-0.25, -0.2) is 4.68 Å².